The molecule has 0 aromatic rings. The van der Waals surface area contributed by atoms with E-state index in [0.29, 0.717) is 12.5 Å². The van der Waals surface area contributed by atoms with E-state index >= 15 is 0 Å². The van der Waals surface area contributed by atoms with Crippen LogP contribution in [0.4, 0.5) is 4.79 Å². The van der Waals surface area contributed by atoms with Gasteiger partial charge in [-0.05, 0) is 38.1 Å². The summed E-state index contributed by atoms with van der Waals surface area (Å²) in [5, 5.41) is 5.93. The van der Waals surface area contributed by atoms with Crippen molar-refractivity contribution in [3.05, 3.63) is 0 Å². The van der Waals surface area contributed by atoms with Crippen LogP contribution in [0.25, 0.3) is 0 Å². The van der Waals surface area contributed by atoms with Gasteiger partial charge < -0.3 is 21.3 Å². The Kier molecular flexibility index (Phi) is 5.01. The number of nitrogens with zero attached hydrogens (tertiary/aromatic N) is 1. The molecule has 2 aliphatic rings. The van der Waals surface area contributed by atoms with E-state index < -0.39 is 6.03 Å². The van der Waals surface area contributed by atoms with E-state index in [9.17, 15) is 9.59 Å². The fourth-order valence-electron chi connectivity index (χ4n) is 3.00. The lowest BCUT2D eigenvalue weighted by Gasteiger charge is -2.36. The molecule has 2 rings (SSSR count). The van der Waals surface area contributed by atoms with E-state index in [-0.39, 0.29) is 11.8 Å². The van der Waals surface area contributed by atoms with Crippen molar-refractivity contribution in [2.45, 2.75) is 25.7 Å². The maximum absolute atomic E-state index is 12.4. The highest BCUT2D eigenvalue weighted by molar-refractivity contribution is 5.79. The molecular formula is C13H24N4O2. The number of carbonyl (C=O) groups excluding carboxylic acids is 2. The molecule has 2 saturated heterocycles. The first-order chi connectivity index (χ1) is 9.16. The van der Waals surface area contributed by atoms with Crippen molar-refractivity contribution in [3.63, 3.8) is 0 Å². The average Bonchev–Trinajstić information content (AvgIpc) is 2.45. The Hall–Kier alpha value is -1.30. The summed E-state index contributed by atoms with van der Waals surface area (Å²) in [6.07, 6.45) is 4.13. The molecule has 2 aliphatic heterocycles. The van der Waals surface area contributed by atoms with Crippen molar-refractivity contribution >= 4 is 11.9 Å². The topological polar surface area (TPSA) is 87.5 Å². The lowest BCUT2D eigenvalue weighted by molar-refractivity contribution is -0.137. The Morgan fingerprint density at radius 1 is 1.32 bits per heavy atom. The minimum atomic E-state index is -0.486. The number of hydrogen-bond acceptors (Lipinski definition) is 3. The van der Waals surface area contributed by atoms with Gasteiger partial charge >= 0.3 is 6.03 Å². The second kappa shape index (κ2) is 6.75. The first kappa shape index (κ1) is 14.1. The van der Waals surface area contributed by atoms with Crippen LogP contribution in [0.15, 0.2) is 0 Å². The molecule has 0 bridgehead atoms. The highest BCUT2D eigenvalue weighted by atomic mass is 16.2. The average molecular weight is 268 g/mol. The zero-order chi connectivity index (χ0) is 13.7. The van der Waals surface area contributed by atoms with Gasteiger partial charge in [0.2, 0.25) is 5.91 Å². The van der Waals surface area contributed by atoms with Crippen LogP contribution >= 0.6 is 0 Å². The van der Waals surface area contributed by atoms with Crippen molar-refractivity contribution in [2.75, 3.05) is 32.7 Å². The van der Waals surface area contributed by atoms with Gasteiger partial charge in [0.05, 0.1) is 5.92 Å². The van der Waals surface area contributed by atoms with E-state index in [1.54, 1.807) is 0 Å². The number of primary amides is 1. The van der Waals surface area contributed by atoms with Gasteiger partial charge in [-0.25, -0.2) is 4.79 Å². The van der Waals surface area contributed by atoms with Crippen LogP contribution in [0, 0.1) is 11.8 Å². The largest absolute Gasteiger partial charge is 0.352 e. The molecule has 3 amide bonds. The van der Waals surface area contributed by atoms with E-state index in [4.69, 9.17) is 5.73 Å². The van der Waals surface area contributed by atoms with Gasteiger partial charge in [0.15, 0.2) is 0 Å². The molecule has 0 spiro atoms. The summed E-state index contributed by atoms with van der Waals surface area (Å²) < 4.78 is 0. The zero-order valence-corrected chi connectivity index (χ0v) is 11.4. The number of rotatable bonds is 3. The first-order valence-electron chi connectivity index (χ1n) is 7.19. The van der Waals surface area contributed by atoms with Crippen molar-refractivity contribution in [1.82, 2.24) is 15.5 Å². The Labute approximate surface area is 114 Å². The summed E-state index contributed by atoms with van der Waals surface area (Å²) in [6, 6.07) is -0.486. The van der Waals surface area contributed by atoms with E-state index in [0.717, 1.165) is 51.9 Å². The third kappa shape index (κ3) is 4.09. The highest BCUT2D eigenvalue weighted by Crippen LogP contribution is 2.20. The molecule has 2 heterocycles. The number of nitrogens with two attached hydrogens (primary N) is 1. The van der Waals surface area contributed by atoms with Crippen molar-refractivity contribution < 1.29 is 9.59 Å². The third-order valence-electron chi connectivity index (χ3n) is 4.04. The van der Waals surface area contributed by atoms with Crippen molar-refractivity contribution in [3.8, 4) is 0 Å². The molecule has 19 heavy (non-hydrogen) atoms. The summed E-state index contributed by atoms with van der Waals surface area (Å²) in [5.41, 5.74) is 5.08. The molecule has 4 N–H and O–H groups in total. The summed E-state index contributed by atoms with van der Waals surface area (Å²) in [6.45, 7) is 3.99. The van der Waals surface area contributed by atoms with Crippen LogP contribution < -0.4 is 16.4 Å². The molecule has 0 aromatic carbocycles. The number of likely N-dealkylation sites (tertiary alicyclic amines) is 1. The lowest BCUT2D eigenvalue weighted by Crippen LogP contribution is -2.48. The van der Waals surface area contributed by atoms with Crippen LogP contribution in [-0.4, -0.2) is 49.6 Å². The number of piperidine rings is 2. The van der Waals surface area contributed by atoms with Gasteiger partial charge in [-0.1, -0.05) is 0 Å². The fourth-order valence-corrected chi connectivity index (χ4v) is 3.00. The second-order valence-corrected chi connectivity index (χ2v) is 5.58. The molecule has 2 fully saturated rings. The second-order valence-electron chi connectivity index (χ2n) is 5.58. The predicted octanol–water partition coefficient (Wildman–Crippen LogP) is -0.107. The number of amides is 3. The number of hydrogen-bond donors (Lipinski definition) is 3. The summed E-state index contributed by atoms with van der Waals surface area (Å²) >= 11 is 0. The van der Waals surface area contributed by atoms with Crippen LogP contribution in [0.1, 0.15) is 25.7 Å². The van der Waals surface area contributed by atoms with Crippen LogP contribution in [0.5, 0.6) is 0 Å². The third-order valence-corrected chi connectivity index (χ3v) is 4.04. The number of carbonyl (C=O) groups is 2. The Balaban J connectivity index is 1.82. The maximum atomic E-state index is 12.4. The normalized spacial score (nSPS) is 27.9. The molecule has 2 atom stereocenters. The van der Waals surface area contributed by atoms with Crippen LogP contribution in [-0.2, 0) is 4.79 Å². The number of nitrogens with one attached hydrogen (secondary N) is 2. The molecule has 2 unspecified atom stereocenters. The first-order valence-corrected chi connectivity index (χ1v) is 7.19. The highest BCUT2D eigenvalue weighted by Gasteiger charge is 2.29. The monoisotopic (exact) mass is 268 g/mol. The van der Waals surface area contributed by atoms with Gasteiger partial charge in [-0.2, -0.15) is 0 Å². The molecule has 0 aliphatic carbocycles. The van der Waals surface area contributed by atoms with Crippen LogP contribution in [0.3, 0.4) is 0 Å². The van der Waals surface area contributed by atoms with Gasteiger partial charge in [-0.15, -0.1) is 0 Å². The van der Waals surface area contributed by atoms with Crippen molar-refractivity contribution in [1.29, 1.82) is 0 Å². The van der Waals surface area contributed by atoms with Gasteiger partial charge in [0.25, 0.3) is 0 Å². The molecule has 0 saturated carbocycles. The molecule has 0 aromatic heterocycles. The Morgan fingerprint density at radius 2 is 2.16 bits per heavy atom. The summed E-state index contributed by atoms with van der Waals surface area (Å²) in [4.78, 5) is 25.1. The van der Waals surface area contributed by atoms with E-state index in [1.165, 1.54) is 0 Å². The van der Waals surface area contributed by atoms with Gasteiger partial charge in [-0.3, -0.25) is 4.79 Å². The molecule has 6 nitrogen and oxygen atoms in total. The number of urea groups is 1. The van der Waals surface area contributed by atoms with Gasteiger partial charge in [0, 0.05) is 26.2 Å². The molecular weight excluding hydrogens is 244 g/mol. The summed E-state index contributed by atoms with van der Waals surface area (Å²) in [7, 11) is 0. The Morgan fingerprint density at radius 3 is 2.84 bits per heavy atom. The van der Waals surface area contributed by atoms with Crippen LogP contribution in [0.2, 0.25) is 0 Å². The SMILES string of the molecule is NC(=O)NCC1CCCN(C(=O)C2CCCNC2)C1. The minimum Gasteiger partial charge on any atom is -0.352 e. The maximum Gasteiger partial charge on any atom is 0.312 e. The van der Waals surface area contributed by atoms with Crippen molar-refractivity contribution in [2.24, 2.45) is 17.6 Å². The lowest BCUT2D eigenvalue weighted by atomic mass is 9.93. The van der Waals surface area contributed by atoms with Gasteiger partial charge in [0.1, 0.15) is 0 Å². The zero-order valence-electron chi connectivity index (χ0n) is 11.4. The van der Waals surface area contributed by atoms with E-state index in [1.807, 2.05) is 4.90 Å². The molecule has 0 radical (unpaired) electrons. The molecule has 6 heteroatoms. The predicted molar refractivity (Wildman–Crippen MR) is 72.5 cm³/mol. The Bertz CT molecular complexity index is 329. The smallest absolute Gasteiger partial charge is 0.312 e. The quantitative estimate of drug-likeness (QED) is 0.667. The van der Waals surface area contributed by atoms with E-state index in [2.05, 4.69) is 10.6 Å². The minimum absolute atomic E-state index is 0.136. The summed E-state index contributed by atoms with van der Waals surface area (Å²) in [5.74, 6) is 0.745. The standard InChI is InChI=1S/C13H24N4O2/c14-13(19)16-7-10-3-2-6-17(9-10)12(18)11-4-1-5-15-8-11/h10-11,15H,1-9H2,(H3,14,16,19). The molecule has 108 valence electrons. The fraction of sp³-hybridized carbons (Fsp3) is 0.846.